The fraction of sp³-hybridized carbons (Fsp3) is 0.714. The van der Waals surface area contributed by atoms with Gasteiger partial charge in [0.25, 0.3) is 0 Å². The Bertz CT molecular complexity index is 333. The summed E-state index contributed by atoms with van der Waals surface area (Å²) in [5.74, 6) is 0.604. The maximum absolute atomic E-state index is 6.32. The zero-order chi connectivity index (χ0) is 13.2. The molecule has 0 spiro atoms. The number of nitrogens with zero attached hydrogens (tertiary/aromatic N) is 2. The minimum absolute atomic E-state index is 0.159. The minimum Gasteiger partial charge on any atom is -0.481 e. The van der Waals surface area contributed by atoms with Gasteiger partial charge in [-0.2, -0.15) is 0 Å². The third-order valence-corrected chi connectivity index (χ3v) is 3.33. The van der Waals surface area contributed by atoms with E-state index in [-0.39, 0.29) is 5.38 Å². The smallest absolute Gasteiger partial charge is 0.216 e. The second-order valence-electron chi connectivity index (χ2n) is 4.56. The number of unbranched alkanes of at least 4 members (excludes halogenated alkanes) is 4. The van der Waals surface area contributed by atoms with Gasteiger partial charge in [-0.3, -0.25) is 0 Å². The molecule has 0 bridgehead atoms. The molecule has 0 aliphatic rings. The van der Waals surface area contributed by atoms with Crippen molar-refractivity contribution >= 4 is 11.6 Å². The van der Waals surface area contributed by atoms with E-state index in [9.17, 15) is 0 Å². The molecular formula is C14H23ClN2O. The summed E-state index contributed by atoms with van der Waals surface area (Å²) in [4.78, 5) is 8.19. The maximum Gasteiger partial charge on any atom is 0.216 e. The molecule has 0 aliphatic heterocycles. The third-order valence-electron chi connectivity index (χ3n) is 2.96. The van der Waals surface area contributed by atoms with Crippen molar-refractivity contribution in [1.29, 1.82) is 0 Å². The van der Waals surface area contributed by atoms with E-state index < -0.39 is 0 Å². The highest BCUT2D eigenvalue weighted by Gasteiger charge is 2.08. The topological polar surface area (TPSA) is 35.0 Å². The van der Waals surface area contributed by atoms with Gasteiger partial charge in [0.05, 0.1) is 7.11 Å². The second kappa shape index (κ2) is 9.15. The SMILES string of the molecule is CCCCCCCC(Cl)Cc1cc(OC)ncn1. The molecule has 0 radical (unpaired) electrons. The lowest BCUT2D eigenvalue weighted by molar-refractivity contribution is 0.395. The summed E-state index contributed by atoms with van der Waals surface area (Å²) in [6, 6.07) is 1.85. The van der Waals surface area contributed by atoms with Gasteiger partial charge in [0.2, 0.25) is 5.88 Å². The van der Waals surface area contributed by atoms with Gasteiger partial charge >= 0.3 is 0 Å². The predicted octanol–water partition coefficient (Wildman–Crippen LogP) is 4.00. The average molecular weight is 271 g/mol. The van der Waals surface area contributed by atoms with Gasteiger partial charge in [-0.25, -0.2) is 9.97 Å². The molecule has 1 rings (SSSR count). The van der Waals surface area contributed by atoms with Crippen LogP contribution in [0.2, 0.25) is 0 Å². The van der Waals surface area contributed by atoms with Crippen LogP contribution in [0.5, 0.6) is 5.88 Å². The highest BCUT2D eigenvalue weighted by Crippen LogP contribution is 2.16. The first-order valence-corrected chi connectivity index (χ1v) is 7.19. The van der Waals surface area contributed by atoms with E-state index in [0.29, 0.717) is 5.88 Å². The number of rotatable bonds is 9. The summed E-state index contributed by atoms with van der Waals surface area (Å²) >= 11 is 6.32. The van der Waals surface area contributed by atoms with E-state index in [1.807, 2.05) is 6.07 Å². The first-order valence-electron chi connectivity index (χ1n) is 6.75. The highest BCUT2D eigenvalue weighted by molar-refractivity contribution is 6.20. The fourth-order valence-corrected chi connectivity index (χ4v) is 2.21. The fourth-order valence-electron chi connectivity index (χ4n) is 1.90. The monoisotopic (exact) mass is 270 g/mol. The molecule has 4 heteroatoms. The molecule has 0 aliphatic carbocycles. The predicted molar refractivity (Wildman–Crippen MR) is 75.3 cm³/mol. The summed E-state index contributed by atoms with van der Waals surface area (Å²) in [7, 11) is 1.61. The first kappa shape index (κ1) is 15.2. The van der Waals surface area contributed by atoms with E-state index >= 15 is 0 Å². The van der Waals surface area contributed by atoms with Gasteiger partial charge in [0.1, 0.15) is 6.33 Å². The summed E-state index contributed by atoms with van der Waals surface area (Å²) in [5.41, 5.74) is 0.954. The Morgan fingerprint density at radius 2 is 2.00 bits per heavy atom. The molecule has 0 saturated heterocycles. The quantitative estimate of drug-likeness (QED) is 0.503. The molecule has 102 valence electrons. The van der Waals surface area contributed by atoms with Crippen molar-refractivity contribution in [3.8, 4) is 5.88 Å². The Morgan fingerprint density at radius 1 is 1.22 bits per heavy atom. The number of aromatic nitrogens is 2. The molecular weight excluding hydrogens is 248 g/mol. The molecule has 0 fully saturated rings. The van der Waals surface area contributed by atoms with Gasteiger partial charge < -0.3 is 4.74 Å². The van der Waals surface area contributed by atoms with Crippen molar-refractivity contribution < 1.29 is 4.74 Å². The van der Waals surface area contributed by atoms with Crippen LogP contribution >= 0.6 is 11.6 Å². The highest BCUT2D eigenvalue weighted by atomic mass is 35.5. The Balaban J connectivity index is 2.24. The van der Waals surface area contributed by atoms with Crippen LogP contribution in [0.1, 0.15) is 51.1 Å². The van der Waals surface area contributed by atoms with Crippen molar-refractivity contribution in [2.24, 2.45) is 0 Å². The number of hydrogen-bond donors (Lipinski definition) is 0. The first-order chi connectivity index (χ1) is 8.76. The third kappa shape index (κ3) is 6.20. The second-order valence-corrected chi connectivity index (χ2v) is 5.17. The molecule has 1 atom stereocenters. The van der Waals surface area contributed by atoms with Gasteiger partial charge in [0, 0.05) is 23.6 Å². The standard InChI is InChI=1S/C14H23ClN2O/c1-3-4-5-6-7-8-12(15)9-13-10-14(18-2)17-11-16-13/h10-12H,3-9H2,1-2H3. The molecule has 1 aromatic heterocycles. The lowest BCUT2D eigenvalue weighted by Gasteiger charge is -2.09. The molecule has 18 heavy (non-hydrogen) atoms. The van der Waals surface area contributed by atoms with E-state index in [0.717, 1.165) is 18.5 Å². The largest absolute Gasteiger partial charge is 0.481 e. The van der Waals surface area contributed by atoms with Crippen LogP contribution < -0.4 is 4.74 Å². The van der Waals surface area contributed by atoms with E-state index in [1.54, 1.807) is 7.11 Å². The van der Waals surface area contributed by atoms with Crippen LogP contribution in [-0.2, 0) is 6.42 Å². The van der Waals surface area contributed by atoms with Gasteiger partial charge in [-0.1, -0.05) is 39.0 Å². The van der Waals surface area contributed by atoms with Crippen LogP contribution in [0.3, 0.4) is 0 Å². The van der Waals surface area contributed by atoms with Gasteiger partial charge in [-0.05, 0) is 6.42 Å². The zero-order valence-electron chi connectivity index (χ0n) is 11.4. The number of ether oxygens (including phenoxy) is 1. The lowest BCUT2D eigenvalue weighted by atomic mass is 10.1. The zero-order valence-corrected chi connectivity index (χ0v) is 12.1. The molecule has 0 aromatic carbocycles. The Morgan fingerprint density at radius 3 is 2.72 bits per heavy atom. The van der Waals surface area contributed by atoms with Crippen LogP contribution in [0.15, 0.2) is 12.4 Å². The normalized spacial score (nSPS) is 12.4. The Kier molecular flexibility index (Phi) is 7.74. The van der Waals surface area contributed by atoms with E-state index in [1.165, 1.54) is 38.4 Å². The van der Waals surface area contributed by atoms with Crippen molar-refractivity contribution in [3.05, 3.63) is 18.1 Å². The molecule has 0 amide bonds. The van der Waals surface area contributed by atoms with Gasteiger partial charge in [-0.15, -0.1) is 11.6 Å². The van der Waals surface area contributed by atoms with Crippen molar-refractivity contribution in [2.45, 2.75) is 57.2 Å². The molecule has 0 N–H and O–H groups in total. The molecule has 3 nitrogen and oxygen atoms in total. The number of alkyl halides is 1. The van der Waals surface area contributed by atoms with Crippen molar-refractivity contribution in [1.82, 2.24) is 9.97 Å². The molecule has 1 aromatic rings. The van der Waals surface area contributed by atoms with Crippen molar-refractivity contribution in [2.75, 3.05) is 7.11 Å². The molecule has 0 saturated carbocycles. The Labute approximate surface area is 115 Å². The average Bonchev–Trinajstić information content (AvgIpc) is 2.38. The van der Waals surface area contributed by atoms with E-state index in [4.69, 9.17) is 16.3 Å². The summed E-state index contributed by atoms with van der Waals surface area (Å²) in [6.45, 7) is 2.23. The Hall–Kier alpha value is -0.830. The van der Waals surface area contributed by atoms with Crippen LogP contribution in [0, 0.1) is 0 Å². The minimum atomic E-state index is 0.159. The van der Waals surface area contributed by atoms with Gasteiger partial charge in [0.15, 0.2) is 0 Å². The van der Waals surface area contributed by atoms with Crippen LogP contribution in [-0.4, -0.2) is 22.5 Å². The summed E-state index contributed by atoms with van der Waals surface area (Å²) in [6.07, 6.45) is 9.79. The molecule has 1 unspecified atom stereocenters. The maximum atomic E-state index is 6.32. The lowest BCUT2D eigenvalue weighted by Crippen LogP contribution is -2.05. The summed E-state index contributed by atoms with van der Waals surface area (Å²) in [5, 5.41) is 0.159. The molecule has 1 heterocycles. The number of methoxy groups -OCH3 is 1. The van der Waals surface area contributed by atoms with E-state index in [2.05, 4.69) is 16.9 Å². The number of hydrogen-bond acceptors (Lipinski definition) is 3. The number of halogens is 1. The van der Waals surface area contributed by atoms with Crippen LogP contribution in [0.4, 0.5) is 0 Å². The van der Waals surface area contributed by atoms with Crippen molar-refractivity contribution in [3.63, 3.8) is 0 Å². The van der Waals surface area contributed by atoms with Crippen LogP contribution in [0.25, 0.3) is 0 Å². The summed E-state index contributed by atoms with van der Waals surface area (Å²) < 4.78 is 5.07.